The Morgan fingerprint density at radius 1 is 0.558 bits per heavy atom. The first-order valence-electron chi connectivity index (χ1n) is 14.5. The van der Waals surface area contributed by atoms with Crippen molar-refractivity contribution >= 4 is 46.8 Å². The second-order valence-electron chi connectivity index (χ2n) is 13.0. The fourth-order valence-electron chi connectivity index (χ4n) is 3.71. The minimum Gasteiger partial charge on any atom is -0.460 e. The summed E-state index contributed by atoms with van der Waals surface area (Å²) in [5.74, 6) is -2.36. The van der Waals surface area contributed by atoms with Crippen molar-refractivity contribution in [2.75, 3.05) is 12.5 Å². The minimum absolute atomic E-state index is 0.0503. The van der Waals surface area contributed by atoms with E-state index in [0.717, 1.165) is 11.8 Å². The molecule has 248 valence electrons. The van der Waals surface area contributed by atoms with Gasteiger partial charge in [0.2, 0.25) is 12.7 Å². The Morgan fingerprint density at radius 2 is 0.953 bits per heavy atom. The molecule has 0 aliphatic rings. The number of nitrogens with one attached hydrogen (secondary N) is 1. The van der Waals surface area contributed by atoms with Gasteiger partial charge in [-0.15, -0.1) is 0 Å². The Labute approximate surface area is 260 Å². The molecule has 13 heteroatoms. The highest BCUT2D eigenvalue weighted by Crippen LogP contribution is 2.29. The van der Waals surface area contributed by atoms with Crippen molar-refractivity contribution in [3.05, 3.63) is 0 Å². The molecule has 0 aromatic rings. The fraction of sp³-hybridized carbons (Fsp3) is 0.800. The van der Waals surface area contributed by atoms with E-state index >= 15 is 0 Å². The molecule has 0 fully saturated rings. The van der Waals surface area contributed by atoms with Gasteiger partial charge >= 0.3 is 29.2 Å². The lowest BCUT2D eigenvalue weighted by Crippen LogP contribution is -2.50. The summed E-state index contributed by atoms with van der Waals surface area (Å²) in [6, 6.07) is 0. The zero-order valence-electron chi connectivity index (χ0n) is 27.5. The quantitative estimate of drug-likeness (QED) is 0.131. The van der Waals surface area contributed by atoms with E-state index in [9.17, 15) is 28.8 Å². The molecular formula is C30H51NO11S. The van der Waals surface area contributed by atoms with Gasteiger partial charge in [-0.3, -0.25) is 24.0 Å². The van der Waals surface area contributed by atoms with Crippen LogP contribution < -0.4 is 5.32 Å². The van der Waals surface area contributed by atoms with Gasteiger partial charge in [0.25, 0.3) is 0 Å². The highest BCUT2D eigenvalue weighted by Gasteiger charge is 2.35. The molecule has 0 aliphatic carbocycles. The molecule has 0 aliphatic heterocycles. The summed E-state index contributed by atoms with van der Waals surface area (Å²) in [5.41, 5.74) is -3.42. The summed E-state index contributed by atoms with van der Waals surface area (Å²) in [7, 11) is 0. The van der Waals surface area contributed by atoms with E-state index in [4.69, 9.17) is 23.7 Å². The SMILES string of the molecule is CCSC(=O)OCOC(=O)CCC(=O)NC(CCC(=O)OC(C)(C)C)(CCC(=O)OC(C)(C)C)CCC(=O)OC(C)(C)C. The Hall–Kier alpha value is -2.83. The Morgan fingerprint density at radius 3 is 1.30 bits per heavy atom. The van der Waals surface area contributed by atoms with Crippen LogP contribution in [0.5, 0.6) is 0 Å². The van der Waals surface area contributed by atoms with E-state index in [-0.39, 0.29) is 51.4 Å². The monoisotopic (exact) mass is 633 g/mol. The molecule has 0 heterocycles. The largest absolute Gasteiger partial charge is 0.460 e. The molecule has 0 saturated carbocycles. The molecule has 43 heavy (non-hydrogen) atoms. The lowest BCUT2D eigenvalue weighted by Gasteiger charge is -2.36. The van der Waals surface area contributed by atoms with Gasteiger partial charge in [0.05, 0.1) is 6.42 Å². The van der Waals surface area contributed by atoms with Gasteiger partial charge in [0.15, 0.2) is 0 Å². The molecule has 0 aromatic heterocycles. The average molecular weight is 634 g/mol. The third kappa shape index (κ3) is 22.4. The normalized spacial score (nSPS) is 12.1. The Bertz CT molecular complexity index is 880. The molecule has 0 spiro atoms. The Balaban J connectivity index is 5.81. The van der Waals surface area contributed by atoms with Crippen LogP contribution >= 0.6 is 11.8 Å². The standard InChI is InChI=1S/C30H51NO11S/c1-11-43-26(37)39-20-38-22(33)13-12-21(32)31-30(17-14-23(34)40-27(2,3)4,18-15-24(35)41-28(5,6)7)19-16-25(36)42-29(8,9)10/h11-20H2,1-10H3,(H,31,32). The van der Waals surface area contributed by atoms with Crippen LogP contribution in [-0.2, 0) is 47.7 Å². The maximum absolute atomic E-state index is 13.1. The second-order valence-corrected chi connectivity index (χ2v) is 14.2. The van der Waals surface area contributed by atoms with E-state index in [0.29, 0.717) is 5.75 Å². The Kier molecular flexibility index (Phi) is 16.9. The van der Waals surface area contributed by atoms with Gasteiger partial charge in [-0.1, -0.05) is 6.92 Å². The third-order valence-electron chi connectivity index (χ3n) is 5.30. The van der Waals surface area contributed by atoms with Crippen molar-refractivity contribution in [2.45, 2.75) is 143 Å². The predicted octanol–water partition coefficient (Wildman–Crippen LogP) is 5.38. The molecule has 0 radical (unpaired) electrons. The summed E-state index contributed by atoms with van der Waals surface area (Å²) < 4.78 is 25.9. The van der Waals surface area contributed by atoms with Crippen molar-refractivity contribution in [1.82, 2.24) is 5.32 Å². The number of amides is 1. The van der Waals surface area contributed by atoms with Crippen molar-refractivity contribution in [2.24, 2.45) is 0 Å². The van der Waals surface area contributed by atoms with E-state index in [2.05, 4.69) is 5.32 Å². The van der Waals surface area contributed by atoms with Gasteiger partial charge in [-0.05, 0) is 93.3 Å². The second kappa shape index (κ2) is 18.1. The number of hydrogen-bond donors (Lipinski definition) is 1. The van der Waals surface area contributed by atoms with Crippen LogP contribution in [0.25, 0.3) is 0 Å². The van der Waals surface area contributed by atoms with Gasteiger partial charge < -0.3 is 29.0 Å². The summed E-state index contributed by atoms with van der Waals surface area (Å²) in [6.07, 6.45) is -0.775. The van der Waals surface area contributed by atoms with Crippen LogP contribution in [0.4, 0.5) is 4.79 Å². The van der Waals surface area contributed by atoms with Gasteiger partial charge in [0, 0.05) is 37.0 Å². The molecule has 0 saturated heterocycles. The molecule has 0 aromatic carbocycles. The number of rotatable bonds is 16. The van der Waals surface area contributed by atoms with Crippen LogP contribution in [-0.4, -0.2) is 70.0 Å². The van der Waals surface area contributed by atoms with Crippen molar-refractivity contribution < 1.29 is 52.5 Å². The van der Waals surface area contributed by atoms with Gasteiger partial charge in [-0.25, -0.2) is 4.79 Å². The van der Waals surface area contributed by atoms with Crippen LogP contribution in [0.3, 0.4) is 0 Å². The zero-order valence-corrected chi connectivity index (χ0v) is 28.3. The molecule has 1 N–H and O–H groups in total. The topological polar surface area (TPSA) is 161 Å². The average Bonchev–Trinajstić information content (AvgIpc) is 2.80. The lowest BCUT2D eigenvalue weighted by molar-refractivity contribution is -0.156. The van der Waals surface area contributed by atoms with E-state index in [1.807, 2.05) is 0 Å². The molecule has 12 nitrogen and oxygen atoms in total. The zero-order chi connectivity index (χ0) is 33.5. The third-order valence-corrected chi connectivity index (χ3v) is 5.94. The first-order valence-corrected chi connectivity index (χ1v) is 15.4. The number of esters is 4. The number of hydrogen-bond acceptors (Lipinski definition) is 12. The number of carbonyl (C=O) groups excluding carboxylic acids is 6. The van der Waals surface area contributed by atoms with Crippen molar-refractivity contribution in [1.29, 1.82) is 0 Å². The minimum atomic E-state index is -1.21. The lowest BCUT2D eigenvalue weighted by atomic mass is 9.83. The summed E-state index contributed by atoms with van der Waals surface area (Å²) in [4.78, 5) is 74.5. The van der Waals surface area contributed by atoms with Crippen LogP contribution in [0.15, 0.2) is 0 Å². The van der Waals surface area contributed by atoms with E-state index in [1.54, 1.807) is 69.2 Å². The summed E-state index contributed by atoms with van der Waals surface area (Å²) in [6.45, 7) is 16.8. The highest BCUT2D eigenvalue weighted by molar-refractivity contribution is 8.13. The predicted molar refractivity (Wildman–Crippen MR) is 161 cm³/mol. The molecule has 0 atom stereocenters. The molecule has 1 amide bonds. The summed E-state index contributed by atoms with van der Waals surface area (Å²) in [5, 5.41) is 2.29. The smallest absolute Gasteiger partial charge is 0.370 e. The van der Waals surface area contributed by atoms with Crippen LogP contribution in [0.1, 0.15) is 121 Å². The first-order chi connectivity index (χ1) is 19.5. The molecule has 0 unspecified atom stereocenters. The van der Waals surface area contributed by atoms with Gasteiger partial charge in [-0.2, -0.15) is 0 Å². The fourth-order valence-corrected chi connectivity index (χ4v) is 4.08. The van der Waals surface area contributed by atoms with Crippen molar-refractivity contribution in [3.8, 4) is 0 Å². The van der Waals surface area contributed by atoms with Gasteiger partial charge in [0.1, 0.15) is 16.8 Å². The van der Waals surface area contributed by atoms with E-state index < -0.39 is 64.2 Å². The number of carbonyl (C=O) groups is 6. The van der Waals surface area contributed by atoms with E-state index in [1.165, 1.54) is 0 Å². The molecule has 0 bridgehead atoms. The maximum Gasteiger partial charge on any atom is 0.370 e. The molecule has 0 rings (SSSR count). The first kappa shape index (κ1) is 40.2. The summed E-state index contributed by atoms with van der Waals surface area (Å²) >= 11 is 0.920. The van der Waals surface area contributed by atoms with Crippen LogP contribution in [0, 0.1) is 0 Å². The highest BCUT2D eigenvalue weighted by atomic mass is 32.2. The van der Waals surface area contributed by atoms with Crippen LogP contribution in [0.2, 0.25) is 0 Å². The number of thioether (sulfide) groups is 1. The molecular weight excluding hydrogens is 582 g/mol. The maximum atomic E-state index is 13.1. The number of ether oxygens (including phenoxy) is 5. The van der Waals surface area contributed by atoms with Crippen molar-refractivity contribution in [3.63, 3.8) is 0 Å².